The highest BCUT2D eigenvalue weighted by Crippen LogP contribution is 2.70. The second kappa shape index (κ2) is 19.7. The molecule has 7 nitrogen and oxygen atoms in total. The summed E-state index contributed by atoms with van der Waals surface area (Å²) < 4.78 is 31.2. The smallest absolute Gasteiger partial charge is 0.264 e. The van der Waals surface area contributed by atoms with Gasteiger partial charge in [-0.25, -0.2) is 0 Å². The van der Waals surface area contributed by atoms with E-state index in [1.54, 1.807) is 0 Å². The molecule has 0 saturated heterocycles. The highest BCUT2D eigenvalue weighted by atomic mass is 32.2. The SMILES string of the molecule is C[C@H](CCCCCCCC[C@H]1CC[C@]2(C)C(C1)C[C@@H](O)[C@@H]1C3CC[C@@H]([C@@H](C)CCC(=O)CCCS(=O)(=O)O)[C@]3(C)CC[C@H]12)[C@H]1CCC2[C@@H]3[C@@H](O)CC4C[C@H](O)CC[C@]4(C)[C@H]3CC[C@@]21C. The highest BCUT2D eigenvalue weighted by Gasteiger charge is 2.64. The molecule has 8 saturated carbocycles. The molecule has 0 spiro atoms. The molecule has 0 aromatic rings. The van der Waals surface area contributed by atoms with Gasteiger partial charge in [0.1, 0.15) is 5.78 Å². The molecular formula is C56H96O7S. The Bertz CT molecular complexity index is 1700. The van der Waals surface area contributed by atoms with Crippen molar-refractivity contribution in [3.05, 3.63) is 0 Å². The third kappa shape index (κ3) is 9.67. The maximum atomic E-state index is 12.6. The van der Waals surface area contributed by atoms with Crippen LogP contribution in [0.25, 0.3) is 0 Å². The van der Waals surface area contributed by atoms with Gasteiger partial charge in [-0.2, -0.15) is 8.42 Å². The Morgan fingerprint density at radius 1 is 0.547 bits per heavy atom. The summed E-state index contributed by atoms with van der Waals surface area (Å²) in [5.74, 6) is 7.72. The van der Waals surface area contributed by atoms with Crippen molar-refractivity contribution in [2.45, 2.75) is 240 Å². The first-order chi connectivity index (χ1) is 30.3. The van der Waals surface area contributed by atoms with E-state index in [0.717, 1.165) is 56.3 Å². The van der Waals surface area contributed by atoms with E-state index in [4.69, 9.17) is 4.55 Å². The number of carbonyl (C=O) groups excluding carboxylic acids is 1. The van der Waals surface area contributed by atoms with E-state index < -0.39 is 10.1 Å². The lowest BCUT2D eigenvalue weighted by Crippen LogP contribution is -2.58. The first kappa shape index (κ1) is 49.9. The number of unbranched alkanes of at least 4 members (excludes halogenated alkanes) is 5. The summed E-state index contributed by atoms with van der Waals surface area (Å²) in [7, 11) is -4.02. The largest absolute Gasteiger partial charge is 0.393 e. The highest BCUT2D eigenvalue weighted by molar-refractivity contribution is 7.85. The molecule has 0 bridgehead atoms. The second-order valence-corrected chi connectivity index (χ2v) is 27.8. The summed E-state index contributed by atoms with van der Waals surface area (Å²) in [6.45, 7) is 15.2. The average molecular weight is 913 g/mol. The summed E-state index contributed by atoms with van der Waals surface area (Å²) in [5.41, 5.74) is 1.27. The lowest BCUT2D eigenvalue weighted by molar-refractivity contribution is -0.174. The number of Topliss-reactive ketones (excluding diaryl/α,β-unsaturated/α-hetero) is 1. The van der Waals surface area contributed by atoms with Crippen molar-refractivity contribution in [2.75, 3.05) is 5.75 Å². The van der Waals surface area contributed by atoms with Gasteiger partial charge in [-0.15, -0.1) is 0 Å². The molecule has 8 aliphatic rings. The topological polar surface area (TPSA) is 132 Å². The summed E-state index contributed by atoms with van der Waals surface area (Å²) >= 11 is 0. The fraction of sp³-hybridized carbons (Fsp3) is 0.982. The third-order valence-corrected chi connectivity index (χ3v) is 24.0. The molecule has 4 unspecified atom stereocenters. The van der Waals surface area contributed by atoms with E-state index in [9.17, 15) is 28.5 Å². The Morgan fingerprint density at radius 2 is 1.03 bits per heavy atom. The van der Waals surface area contributed by atoms with Gasteiger partial charge in [0.15, 0.2) is 0 Å². The van der Waals surface area contributed by atoms with Crippen LogP contribution in [0.2, 0.25) is 0 Å². The molecular weight excluding hydrogens is 817 g/mol. The fourth-order valence-corrected chi connectivity index (χ4v) is 20.2. The van der Waals surface area contributed by atoms with Crippen molar-refractivity contribution in [3.8, 4) is 0 Å². The maximum Gasteiger partial charge on any atom is 0.264 e. The number of hydrogen-bond donors (Lipinski definition) is 4. The monoisotopic (exact) mass is 913 g/mol. The minimum absolute atomic E-state index is 0.106. The minimum atomic E-state index is -4.02. The van der Waals surface area contributed by atoms with Gasteiger partial charge in [0, 0.05) is 12.8 Å². The average Bonchev–Trinajstić information content (AvgIpc) is 3.78. The number of carbonyl (C=O) groups is 1. The maximum absolute atomic E-state index is 12.6. The first-order valence-electron chi connectivity index (χ1n) is 27.8. The summed E-state index contributed by atoms with van der Waals surface area (Å²) in [5, 5.41) is 34.1. The van der Waals surface area contributed by atoms with Gasteiger partial charge in [0.25, 0.3) is 10.1 Å². The predicted molar refractivity (Wildman–Crippen MR) is 258 cm³/mol. The van der Waals surface area contributed by atoms with Crippen molar-refractivity contribution in [1.29, 1.82) is 0 Å². The molecule has 4 N–H and O–H groups in total. The van der Waals surface area contributed by atoms with Gasteiger partial charge in [-0.1, -0.05) is 92.9 Å². The van der Waals surface area contributed by atoms with Crippen LogP contribution in [0.3, 0.4) is 0 Å². The third-order valence-electron chi connectivity index (χ3n) is 23.2. The molecule has 0 aromatic heterocycles. The number of rotatable bonds is 18. The van der Waals surface area contributed by atoms with Gasteiger partial charge in [0.2, 0.25) is 0 Å². The van der Waals surface area contributed by atoms with Gasteiger partial charge < -0.3 is 15.3 Å². The Labute approximate surface area is 391 Å². The van der Waals surface area contributed by atoms with Crippen LogP contribution in [0.4, 0.5) is 0 Å². The fourth-order valence-electron chi connectivity index (χ4n) is 19.7. The number of hydrogen-bond acceptors (Lipinski definition) is 6. The van der Waals surface area contributed by atoms with Crippen LogP contribution in [0, 0.1) is 98.6 Å². The summed E-state index contributed by atoms with van der Waals surface area (Å²) in [6, 6.07) is 0. The molecule has 8 fully saturated rings. The van der Waals surface area contributed by atoms with Crippen LogP contribution in [0.5, 0.6) is 0 Å². The lowest BCUT2D eigenvalue weighted by Gasteiger charge is -2.62. The van der Waals surface area contributed by atoms with E-state index >= 15 is 0 Å². The van der Waals surface area contributed by atoms with Crippen molar-refractivity contribution in [2.24, 2.45) is 98.6 Å². The van der Waals surface area contributed by atoms with Crippen LogP contribution in [-0.4, -0.2) is 58.1 Å². The zero-order valence-electron chi connectivity index (χ0n) is 41.7. The normalized spacial score (nSPS) is 47.3. The van der Waals surface area contributed by atoms with Gasteiger partial charge >= 0.3 is 0 Å². The molecule has 8 heteroatoms. The van der Waals surface area contributed by atoms with Crippen molar-refractivity contribution in [3.63, 3.8) is 0 Å². The van der Waals surface area contributed by atoms with E-state index in [1.807, 2.05) is 0 Å². The number of fused-ring (bicyclic) bond motifs is 10. The number of aliphatic hydroxyl groups is 3. The Kier molecular flexibility index (Phi) is 15.3. The number of aliphatic hydroxyl groups excluding tert-OH is 3. The Balaban J connectivity index is 0.728. The Morgan fingerprint density at radius 3 is 1.61 bits per heavy atom. The molecule has 20 atom stereocenters. The van der Waals surface area contributed by atoms with E-state index in [0.29, 0.717) is 81.8 Å². The standard InChI is InChI=1S/C56H96O7S/c1-36(43-19-21-45-52-48(26-29-55(43,45)5)54(4)28-24-42(58)33-40(54)35-50(52)60)14-11-9-7-8-10-12-15-38-23-27-53(3)39(32-38)34-49(59)51-46-22-20-44(56(46,6)30-25-47(51)53)37(2)17-18-41(57)16-13-31-64(61,62)63/h36-40,42-52,58-60H,7-35H2,1-6H3,(H,61,62,63)/t36-,37+,38+,39?,40?,42-,43-,44+,45?,46?,47-,48+,49-,50+,51-,52+,53-,54+,55-,56+/m1/s1. The number of ketones is 1. The summed E-state index contributed by atoms with van der Waals surface area (Å²) in [6.07, 6.45) is 31.3. The molecule has 8 aliphatic carbocycles. The molecule has 64 heavy (non-hydrogen) atoms. The van der Waals surface area contributed by atoms with Crippen molar-refractivity contribution >= 4 is 15.9 Å². The molecule has 8 rings (SSSR count). The zero-order chi connectivity index (χ0) is 45.8. The quantitative estimate of drug-likeness (QED) is 0.0795. The molecule has 0 aromatic carbocycles. The van der Waals surface area contributed by atoms with Crippen LogP contribution in [-0.2, 0) is 14.9 Å². The van der Waals surface area contributed by atoms with Crippen LogP contribution in [0.15, 0.2) is 0 Å². The second-order valence-electron chi connectivity index (χ2n) is 26.2. The molecule has 0 amide bonds. The molecule has 0 aliphatic heterocycles. The van der Waals surface area contributed by atoms with Crippen LogP contribution < -0.4 is 0 Å². The van der Waals surface area contributed by atoms with Gasteiger partial charge in [-0.05, 0) is 214 Å². The van der Waals surface area contributed by atoms with E-state index in [1.165, 1.54) is 122 Å². The van der Waals surface area contributed by atoms with Crippen molar-refractivity contribution in [1.82, 2.24) is 0 Å². The van der Waals surface area contributed by atoms with Crippen LogP contribution in [0.1, 0.15) is 221 Å². The first-order valence-corrected chi connectivity index (χ1v) is 29.4. The van der Waals surface area contributed by atoms with E-state index in [2.05, 4.69) is 41.5 Å². The molecule has 0 heterocycles. The lowest BCUT2D eigenvalue weighted by atomic mass is 9.43. The van der Waals surface area contributed by atoms with Gasteiger partial charge in [0.05, 0.1) is 24.1 Å². The molecule has 0 radical (unpaired) electrons. The Hall–Kier alpha value is -0.540. The predicted octanol–water partition coefficient (Wildman–Crippen LogP) is 12.6. The van der Waals surface area contributed by atoms with Gasteiger partial charge in [-0.3, -0.25) is 9.35 Å². The summed E-state index contributed by atoms with van der Waals surface area (Å²) in [4.78, 5) is 12.6. The van der Waals surface area contributed by atoms with Crippen LogP contribution >= 0.6 is 0 Å². The van der Waals surface area contributed by atoms with E-state index in [-0.39, 0.29) is 48.1 Å². The van der Waals surface area contributed by atoms with Crippen molar-refractivity contribution < 1.29 is 33.1 Å². The zero-order valence-corrected chi connectivity index (χ0v) is 42.5. The minimum Gasteiger partial charge on any atom is -0.393 e. The molecule has 368 valence electrons.